The molecule has 0 radical (unpaired) electrons. The lowest BCUT2D eigenvalue weighted by molar-refractivity contribution is -0.193. The quantitative estimate of drug-likeness (QED) is 0.530. The van der Waals surface area contributed by atoms with Crippen molar-refractivity contribution in [2.75, 3.05) is 0 Å². The van der Waals surface area contributed by atoms with Crippen molar-refractivity contribution in [3.8, 4) is 0 Å². The van der Waals surface area contributed by atoms with E-state index in [4.69, 9.17) is 4.55 Å². The number of ether oxygens (including phenoxy) is 1. The topological polar surface area (TPSA) is 80.7 Å². The van der Waals surface area contributed by atoms with Gasteiger partial charge in [0.05, 0.1) is 0 Å². The smallest absolute Gasteiger partial charge is 0.387 e. The first-order valence-electron chi connectivity index (χ1n) is 2.77. The van der Waals surface area contributed by atoms with Crippen LogP contribution in [0.2, 0.25) is 0 Å². The zero-order chi connectivity index (χ0) is 9.99. The largest absolute Gasteiger partial charge is 0.536 e. The van der Waals surface area contributed by atoms with Gasteiger partial charge in [-0.05, 0) is 0 Å². The third-order valence-corrected chi connectivity index (χ3v) is 1.51. The van der Waals surface area contributed by atoms with E-state index in [2.05, 4.69) is 4.74 Å². The van der Waals surface area contributed by atoms with Gasteiger partial charge in [-0.2, -0.15) is 8.42 Å². The fourth-order valence-corrected chi connectivity index (χ4v) is 0.456. The highest BCUT2D eigenvalue weighted by Crippen LogP contribution is 2.22. The third-order valence-electron chi connectivity index (χ3n) is 0.822. The van der Waals surface area contributed by atoms with Crippen LogP contribution in [0.15, 0.2) is 0 Å². The highest BCUT2D eigenvalue weighted by Gasteiger charge is 2.49. The van der Waals surface area contributed by atoms with E-state index in [0.29, 0.717) is 0 Å². The molecule has 0 spiro atoms. The number of hydrogen-bond donors (Lipinski definition) is 1. The van der Waals surface area contributed by atoms with Crippen molar-refractivity contribution in [2.24, 2.45) is 0 Å². The van der Waals surface area contributed by atoms with E-state index in [0.717, 1.165) is 0 Å². The molecule has 0 aliphatic heterocycles. The molecule has 0 aliphatic rings. The normalized spacial score (nSPS) is 12.7. The minimum Gasteiger partial charge on any atom is -0.387 e. The number of esters is 1. The molecule has 0 fully saturated rings. The van der Waals surface area contributed by atoms with Crippen LogP contribution < -0.4 is 0 Å². The average Bonchev–Trinajstić information content (AvgIpc) is 1.84. The Kier molecular flexibility index (Phi) is 3.10. The molecule has 0 atom stereocenters. The molecule has 1 N–H and O–H groups in total. The molecule has 72 valence electrons. The summed E-state index contributed by atoms with van der Waals surface area (Å²) in [5.41, 5.74) is -4.86. The van der Waals surface area contributed by atoms with Gasteiger partial charge in [0.25, 0.3) is 0 Å². The van der Waals surface area contributed by atoms with Crippen LogP contribution in [-0.4, -0.2) is 24.4 Å². The molecule has 12 heavy (non-hydrogen) atoms. The van der Waals surface area contributed by atoms with Crippen molar-refractivity contribution in [3.63, 3.8) is 0 Å². The van der Waals surface area contributed by atoms with Crippen molar-refractivity contribution >= 4 is 16.1 Å². The fraction of sp³-hybridized carbons (Fsp3) is 0.750. The van der Waals surface area contributed by atoms with Gasteiger partial charge in [0.2, 0.25) is 0 Å². The number of hydrogen-bond acceptors (Lipinski definition) is 4. The Labute approximate surface area is 67.1 Å². The van der Waals surface area contributed by atoms with Gasteiger partial charge in [0.1, 0.15) is 0 Å². The second kappa shape index (κ2) is 3.31. The Hall–Kier alpha value is -0.760. The second-order valence-electron chi connectivity index (χ2n) is 1.77. The van der Waals surface area contributed by atoms with Crippen molar-refractivity contribution < 1.29 is 31.3 Å². The van der Waals surface area contributed by atoms with Crippen LogP contribution in [0.5, 0.6) is 0 Å². The molecule has 0 rings (SSSR count). The van der Waals surface area contributed by atoms with Crippen LogP contribution in [0, 0.1) is 0 Å². The summed E-state index contributed by atoms with van der Waals surface area (Å²) in [6.07, 6.45) is -0.412. The maximum Gasteiger partial charge on any atom is 0.536 e. The van der Waals surface area contributed by atoms with E-state index < -0.39 is 27.9 Å². The van der Waals surface area contributed by atoms with Crippen molar-refractivity contribution in [1.82, 2.24) is 0 Å². The molecule has 0 amide bonds. The van der Waals surface area contributed by atoms with Gasteiger partial charge in [-0.15, -0.1) is 8.78 Å². The molecule has 0 heterocycles. The highest BCUT2D eigenvalue weighted by atomic mass is 32.2. The molecule has 0 aliphatic carbocycles. The zero-order valence-corrected chi connectivity index (χ0v) is 6.77. The maximum absolute atomic E-state index is 12.1. The summed E-state index contributed by atoms with van der Waals surface area (Å²) in [4.78, 5) is 10.2. The van der Waals surface area contributed by atoms with E-state index in [9.17, 15) is 22.0 Å². The summed E-state index contributed by atoms with van der Waals surface area (Å²) in [7, 11) is -5.68. The summed E-state index contributed by atoms with van der Waals surface area (Å²) >= 11 is 0. The van der Waals surface area contributed by atoms with E-state index in [1.165, 1.54) is 6.92 Å². The van der Waals surface area contributed by atoms with Gasteiger partial charge in [-0.25, -0.2) is 0 Å². The summed E-state index contributed by atoms with van der Waals surface area (Å²) < 4.78 is 54.8. The number of alkyl halides is 2. The lowest BCUT2D eigenvalue weighted by Crippen LogP contribution is -2.33. The first-order chi connectivity index (χ1) is 5.20. The minimum atomic E-state index is -5.68. The van der Waals surface area contributed by atoms with Crippen LogP contribution >= 0.6 is 0 Å². The van der Waals surface area contributed by atoms with Crippen molar-refractivity contribution in [2.45, 2.75) is 18.8 Å². The maximum atomic E-state index is 12.1. The summed E-state index contributed by atoms with van der Waals surface area (Å²) in [5.74, 6) is -1.42. The first-order valence-corrected chi connectivity index (χ1v) is 4.21. The minimum absolute atomic E-state index is 0.412. The van der Waals surface area contributed by atoms with Gasteiger partial charge in [0, 0.05) is 6.42 Å². The molecule has 0 aromatic carbocycles. The van der Waals surface area contributed by atoms with Crippen LogP contribution in [0.25, 0.3) is 0 Å². The molecule has 0 aromatic heterocycles. The molecular formula is C4H6F2O5S. The van der Waals surface area contributed by atoms with Gasteiger partial charge in [-0.3, -0.25) is 9.35 Å². The molecule has 0 saturated heterocycles. The lowest BCUT2D eigenvalue weighted by atomic mass is 10.5. The molecular weight excluding hydrogens is 198 g/mol. The molecule has 0 unspecified atom stereocenters. The fourth-order valence-electron chi connectivity index (χ4n) is 0.257. The van der Waals surface area contributed by atoms with E-state index in [-0.39, 0.29) is 0 Å². The average molecular weight is 204 g/mol. The van der Waals surface area contributed by atoms with Gasteiger partial charge >= 0.3 is 21.5 Å². The highest BCUT2D eigenvalue weighted by molar-refractivity contribution is 7.86. The molecule has 0 aromatic rings. The zero-order valence-electron chi connectivity index (χ0n) is 5.95. The van der Waals surface area contributed by atoms with Crippen LogP contribution in [-0.2, 0) is 19.6 Å². The monoisotopic (exact) mass is 204 g/mol. The van der Waals surface area contributed by atoms with Crippen LogP contribution in [0.1, 0.15) is 13.3 Å². The number of halogens is 2. The third kappa shape index (κ3) is 2.70. The Morgan fingerprint density at radius 1 is 1.58 bits per heavy atom. The molecule has 0 saturated carbocycles. The van der Waals surface area contributed by atoms with E-state index >= 15 is 0 Å². The van der Waals surface area contributed by atoms with E-state index in [1.54, 1.807) is 0 Å². The van der Waals surface area contributed by atoms with Gasteiger partial charge < -0.3 is 4.74 Å². The van der Waals surface area contributed by atoms with Crippen LogP contribution in [0.4, 0.5) is 8.78 Å². The van der Waals surface area contributed by atoms with Gasteiger partial charge in [0.15, 0.2) is 0 Å². The Bertz CT molecular complexity index is 269. The number of rotatable bonds is 3. The van der Waals surface area contributed by atoms with E-state index in [1.807, 2.05) is 0 Å². The SMILES string of the molecule is CCC(=O)OC(F)(F)S(=O)(=O)O. The predicted octanol–water partition coefficient (Wildman–Crippen LogP) is 0.378. The summed E-state index contributed by atoms with van der Waals surface area (Å²) in [6.45, 7) is 1.20. The van der Waals surface area contributed by atoms with Crippen LogP contribution in [0.3, 0.4) is 0 Å². The standard InChI is InChI=1S/C4H6F2O5S/c1-2-3(7)11-4(5,6)12(8,9)10/h2H2,1H3,(H,8,9,10). The number of carbonyl (C=O) groups excluding carboxylic acids is 1. The molecule has 8 heteroatoms. The Morgan fingerprint density at radius 3 is 2.25 bits per heavy atom. The molecule has 5 nitrogen and oxygen atoms in total. The second-order valence-corrected chi connectivity index (χ2v) is 3.19. The van der Waals surface area contributed by atoms with Gasteiger partial charge in [-0.1, -0.05) is 6.92 Å². The lowest BCUT2D eigenvalue weighted by Gasteiger charge is -2.11. The first kappa shape index (κ1) is 11.2. The van der Waals surface area contributed by atoms with Crippen molar-refractivity contribution in [1.29, 1.82) is 0 Å². The molecule has 0 bridgehead atoms. The number of carbonyl (C=O) groups is 1. The van der Waals surface area contributed by atoms with Crippen molar-refractivity contribution in [3.05, 3.63) is 0 Å². The predicted molar refractivity (Wildman–Crippen MR) is 32.9 cm³/mol. The Balaban J connectivity index is 4.56. The Morgan fingerprint density at radius 2 is 2.00 bits per heavy atom. The summed E-state index contributed by atoms with van der Waals surface area (Å²) in [5, 5.41) is 0. The summed E-state index contributed by atoms with van der Waals surface area (Å²) in [6, 6.07) is 0.